The molecule has 0 atom stereocenters. The van der Waals surface area contributed by atoms with Gasteiger partial charge in [-0.05, 0) is 44.0 Å². The molecule has 2 heterocycles. The molecular formula is C15H15FN4. The minimum Gasteiger partial charge on any atom is -0.383 e. The molecule has 0 bridgehead atoms. The highest BCUT2D eigenvalue weighted by Crippen LogP contribution is 2.31. The molecule has 0 saturated carbocycles. The Bertz CT molecular complexity index is 820. The first-order chi connectivity index (χ1) is 9.50. The molecule has 0 radical (unpaired) electrons. The third-order valence-electron chi connectivity index (χ3n) is 3.73. The molecule has 5 heteroatoms. The van der Waals surface area contributed by atoms with Gasteiger partial charge in [0, 0.05) is 5.69 Å². The molecule has 4 nitrogen and oxygen atoms in total. The van der Waals surface area contributed by atoms with E-state index in [4.69, 9.17) is 5.73 Å². The predicted molar refractivity (Wildman–Crippen MR) is 77.4 cm³/mol. The van der Waals surface area contributed by atoms with Crippen LogP contribution in [-0.2, 0) is 0 Å². The van der Waals surface area contributed by atoms with Crippen LogP contribution in [0.15, 0.2) is 24.5 Å². The fourth-order valence-corrected chi connectivity index (χ4v) is 2.54. The summed E-state index contributed by atoms with van der Waals surface area (Å²) in [4.78, 5) is 8.36. The Hall–Kier alpha value is -2.43. The molecular weight excluding hydrogens is 255 g/mol. The largest absolute Gasteiger partial charge is 0.383 e. The molecule has 0 aliphatic rings. The Balaban J connectivity index is 2.46. The van der Waals surface area contributed by atoms with Gasteiger partial charge in [0.05, 0.1) is 11.1 Å². The summed E-state index contributed by atoms with van der Waals surface area (Å²) in [5.74, 6) is 0.176. The maximum atomic E-state index is 13.6. The summed E-state index contributed by atoms with van der Waals surface area (Å²) in [5, 5.41) is 0.827. The molecule has 2 aromatic heterocycles. The second-order valence-corrected chi connectivity index (χ2v) is 4.93. The zero-order valence-electron chi connectivity index (χ0n) is 11.6. The smallest absolute Gasteiger partial charge is 0.150 e. The monoisotopic (exact) mass is 270 g/mol. The lowest BCUT2D eigenvalue weighted by Gasteiger charge is -2.11. The number of aromatic nitrogens is 3. The highest BCUT2D eigenvalue weighted by molar-refractivity contribution is 5.92. The van der Waals surface area contributed by atoms with Gasteiger partial charge in [-0.15, -0.1) is 0 Å². The predicted octanol–water partition coefficient (Wildman–Crippen LogP) is 3.07. The number of aryl methyl sites for hydroxylation is 2. The van der Waals surface area contributed by atoms with Crippen LogP contribution in [0.4, 0.5) is 10.2 Å². The topological polar surface area (TPSA) is 56.7 Å². The standard InChI is InChI=1S/C15H15FN4/c1-8-4-5-11(16)6-12(8)20-10(3)9(2)13-14(17)18-7-19-15(13)20/h4-7H,1-3H3,(H2,17,18,19). The number of hydrogen-bond donors (Lipinski definition) is 1. The van der Waals surface area contributed by atoms with E-state index in [1.165, 1.54) is 18.5 Å². The first-order valence-electron chi connectivity index (χ1n) is 6.35. The van der Waals surface area contributed by atoms with Crippen LogP contribution in [0, 0.1) is 26.6 Å². The second kappa shape index (κ2) is 4.30. The zero-order chi connectivity index (χ0) is 14.4. The van der Waals surface area contributed by atoms with E-state index in [2.05, 4.69) is 9.97 Å². The van der Waals surface area contributed by atoms with E-state index in [-0.39, 0.29) is 5.82 Å². The molecule has 0 aliphatic carbocycles. The second-order valence-electron chi connectivity index (χ2n) is 4.93. The van der Waals surface area contributed by atoms with E-state index in [1.54, 1.807) is 6.07 Å². The average Bonchev–Trinajstić information content (AvgIpc) is 2.66. The first-order valence-corrected chi connectivity index (χ1v) is 6.35. The lowest BCUT2D eigenvalue weighted by atomic mass is 10.2. The summed E-state index contributed by atoms with van der Waals surface area (Å²) in [5.41, 5.74) is 10.4. The molecule has 0 spiro atoms. The molecule has 3 rings (SSSR count). The van der Waals surface area contributed by atoms with Crippen molar-refractivity contribution in [3.05, 3.63) is 47.2 Å². The van der Waals surface area contributed by atoms with Crippen molar-refractivity contribution in [3.63, 3.8) is 0 Å². The quantitative estimate of drug-likeness (QED) is 0.739. The van der Waals surface area contributed by atoms with Crippen molar-refractivity contribution in [2.75, 3.05) is 5.73 Å². The number of nitrogens with zero attached hydrogens (tertiary/aromatic N) is 3. The Labute approximate surface area is 116 Å². The summed E-state index contributed by atoms with van der Waals surface area (Å²) >= 11 is 0. The Morgan fingerprint density at radius 1 is 1.15 bits per heavy atom. The van der Waals surface area contributed by atoms with E-state index in [0.29, 0.717) is 11.5 Å². The van der Waals surface area contributed by atoms with E-state index in [0.717, 1.165) is 27.9 Å². The van der Waals surface area contributed by atoms with Crippen molar-refractivity contribution < 1.29 is 4.39 Å². The highest BCUT2D eigenvalue weighted by atomic mass is 19.1. The van der Waals surface area contributed by atoms with E-state index in [1.807, 2.05) is 25.3 Å². The number of anilines is 1. The Morgan fingerprint density at radius 2 is 1.90 bits per heavy atom. The van der Waals surface area contributed by atoms with Gasteiger partial charge in [0.15, 0.2) is 5.65 Å². The third kappa shape index (κ3) is 1.66. The minimum absolute atomic E-state index is 0.272. The molecule has 3 aromatic rings. The maximum absolute atomic E-state index is 13.6. The lowest BCUT2D eigenvalue weighted by Crippen LogP contribution is -2.02. The highest BCUT2D eigenvalue weighted by Gasteiger charge is 2.17. The molecule has 0 unspecified atom stereocenters. The van der Waals surface area contributed by atoms with Gasteiger partial charge in [-0.2, -0.15) is 0 Å². The van der Waals surface area contributed by atoms with Gasteiger partial charge >= 0.3 is 0 Å². The van der Waals surface area contributed by atoms with E-state index in [9.17, 15) is 4.39 Å². The van der Waals surface area contributed by atoms with Gasteiger partial charge in [0.25, 0.3) is 0 Å². The van der Waals surface area contributed by atoms with E-state index < -0.39 is 0 Å². The SMILES string of the molecule is Cc1ccc(F)cc1-n1c(C)c(C)c2c(N)ncnc21. The summed E-state index contributed by atoms with van der Waals surface area (Å²) in [6, 6.07) is 4.73. The van der Waals surface area contributed by atoms with Crippen molar-refractivity contribution >= 4 is 16.9 Å². The van der Waals surface area contributed by atoms with Crippen LogP contribution < -0.4 is 5.73 Å². The van der Waals surface area contributed by atoms with Crippen LogP contribution in [0.1, 0.15) is 16.8 Å². The number of rotatable bonds is 1. The molecule has 0 amide bonds. The number of halogens is 1. The summed E-state index contributed by atoms with van der Waals surface area (Å²) < 4.78 is 15.5. The van der Waals surface area contributed by atoms with Crippen molar-refractivity contribution in [3.8, 4) is 5.69 Å². The van der Waals surface area contributed by atoms with Gasteiger partial charge in [-0.1, -0.05) is 6.07 Å². The summed E-state index contributed by atoms with van der Waals surface area (Å²) in [7, 11) is 0. The third-order valence-corrected chi connectivity index (χ3v) is 3.73. The van der Waals surface area contributed by atoms with Crippen LogP contribution in [0.5, 0.6) is 0 Å². The van der Waals surface area contributed by atoms with Gasteiger partial charge in [-0.25, -0.2) is 14.4 Å². The number of benzene rings is 1. The van der Waals surface area contributed by atoms with Crippen molar-refractivity contribution in [1.82, 2.24) is 14.5 Å². The molecule has 20 heavy (non-hydrogen) atoms. The van der Waals surface area contributed by atoms with E-state index >= 15 is 0 Å². The van der Waals surface area contributed by atoms with Gasteiger partial charge in [0.1, 0.15) is 18.0 Å². The maximum Gasteiger partial charge on any atom is 0.150 e. The molecule has 1 aromatic carbocycles. The minimum atomic E-state index is -0.272. The Morgan fingerprint density at radius 3 is 2.65 bits per heavy atom. The number of fused-ring (bicyclic) bond motifs is 1. The number of nitrogen functional groups attached to an aromatic ring is 1. The molecule has 0 saturated heterocycles. The fourth-order valence-electron chi connectivity index (χ4n) is 2.54. The molecule has 0 aliphatic heterocycles. The number of hydrogen-bond acceptors (Lipinski definition) is 3. The Kier molecular flexibility index (Phi) is 2.71. The van der Waals surface area contributed by atoms with Crippen LogP contribution in [-0.4, -0.2) is 14.5 Å². The number of nitrogens with two attached hydrogens (primary N) is 1. The van der Waals surface area contributed by atoms with Gasteiger partial charge in [0.2, 0.25) is 0 Å². The fraction of sp³-hybridized carbons (Fsp3) is 0.200. The molecule has 2 N–H and O–H groups in total. The van der Waals surface area contributed by atoms with Crippen molar-refractivity contribution in [1.29, 1.82) is 0 Å². The lowest BCUT2D eigenvalue weighted by molar-refractivity contribution is 0.626. The van der Waals surface area contributed by atoms with Crippen molar-refractivity contribution in [2.45, 2.75) is 20.8 Å². The zero-order valence-corrected chi connectivity index (χ0v) is 11.6. The van der Waals surface area contributed by atoms with Crippen molar-refractivity contribution in [2.24, 2.45) is 0 Å². The van der Waals surface area contributed by atoms with Crippen LogP contribution in [0.25, 0.3) is 16.7 Å². The van der Waals surface area contributed by atoms with Crippen LogP contribution in [0.3, 0.4) is 0 Å². The summed E-state index contributed by atoms with van der Waals surface area (Å²) in [6.07, 6.45) is 1.43. The first kappa shape index (κ1) is 12.6. The van der Waals surface area contributed by atoms with Crippen LogP contribution in [0.2, 0.25) is 0 Å². The van der Waals surface area contributed by atoms with Crippen LogP contribution >= 0.6 is 0 Å². The average molecular weight is 270 g/mol. The molecule has 102 valence electrons. The van der Waals surface area contributed by atoms with Gasteiger partial charge < -0.3 is 5.73 Å². The van der Waals surface area contributed by atoms with Gasteiger partial charge in [-0.3, -0.25) is 4.57 Å². The summed E-state index contributed by atoms with van der Waals surface area (Å²) in [6.45, 7) is 5.89. The molecule has 0 fully saturated rings. The normalized spacial score (nSPS) is 11.2.